The zero-order valence-electron chi connectivity index (χ0n) is 15.2. The minimum absolute atomic E-state index is 0.170. The highest BCUT2D eigenvalue weighted by molar-refractivity contribution is 5.69. The van der Waals surface area contributed by atoms with Crippen LogP contribution in [-0.2, 0) is 20.9 Å². The summed E-state index contributed by atoms with van der Waals surface area (Å²) in [7, 11) is 0. The van der Waals surface area contributed by atoms with Gasteiger partial charge < -0.3 is 14.4 Å². The first kappa shape index (κ1) is 19.1. The van der Waals surface area contributed by atoms with E-state index in [9.17, 15) is 9.59 Å². The lowest BCUT2D eigenvalue weighted by molar-refractivity contribution is -0.159. The van der Waals surface area contributed by atoms with Crippen LogP contribution in [0.15, 0.2) is 30.3 Å². The van der Waals surface area contributed by atoms with Crippen molar-refractivity contribution >= 4 is 12.2 Å². The van der Waals surface area contributed by atoms with Gasteiger partial charge in [0.2, 0.25) is 0 Å². The number of rotatable bonds is 2. The van der Waals surface area contributed by atoms with Gasteiger partial charge in [-0.15, -0.1) is 0 Å². The monoisotopic (exact) mass is 350 g/mol. The lowest BCUT2D eigenvalue weighted by Gasteiger charge is -2.26. The Morgan fingerprint density at radius 3 is 2.48 bits per heavy atom. The number of hydrogen-bond donors (Lipinski definition) is 0. The van der Waals surface area contributed by atoms with Gasteiger partial charge in [-0.1, -0.05) is 30.3 Å². The molecule has 1 aromatic carbocycles. The molecule has 1 aromatic rings. The van der Waals surface area contributed by atoms with E-state index in [1.54, 1.807) is 11.8 Å². The molecule has 138 valence electrons. The summed E-state index contributed by atoms with van der Waals surface area (Å²) in [4.78, 5) is 31.6. The Morgan fingerprint density at radius 2 is 1.84 bits per heavy atom. The van der Waals surface area contributed by atoms with Gasteiger partial charge in [-0.2, -0.15) is 5.06 Å². The van der Waals surface area contributed by atoms with Crippen LogP contribution in [0.3, 0.4) is 0 Å². The molecule has 1 aliphatic rings. The molecule has 0 unspecified atom stereocenters. The van der Waals surface area contributed by atoms with E-state index in [1.165, 1.54) is 0 Å². The van der Waals surface area contributed by atoms with Crippen molar-refractivity contribution in [1.82, 2.24) is 9.96 Å². The fraction of sp³-hybridized carbons (Fsp3) is 0.556. The second-order valence-electron chi connectivity index (χ2n) is 6.98. The molecule has 25 heavy (non-hydrogen) atoms. The third kappa shape index (κ3) is 6.26. The Bertz CT molecular complexity index is 585. The summed E-state index contributed by atoms with van der Waals surface area (Å²) in [6, 6.07) is 9.42. The van der Waals surface area contributed by atoms with Crippen LogP contribution in [0.25, 0.3) is 0 Å². The molecule has 0 saturated carbocycles. The molecule has 0 aromatic heterocycles. The standard InChI is InChI=1S/C18H26N2O5/c1-14-12-19(16(21)24-18(2,3)4)10-11-20(25-14)17(22)23-13-15-8-6-5-7-9-15/h5-9,14H,10-13H2,1-4H3/t14-/m0/s1. The Labute approximate surface area is 148 Å². The molecule has 7 heteroatoms. The van der Waals surface area contributed by atoms with Crippen LogP contribution in [0.2, 0.25) is 0 Å². The van der Waals surface area contributed by atoms with Crippen LogP contribution in [0.5, 0.6) is 0 Å². The van der Waals surface area contributed by atoms with E-state index in [-0.39, 0.29) is 19.3 Å². The molecule has 1 heterocycles. The predicted octanol–water partition coefficient (Wildman–Crippen LogP) is 3.20. The van der Waals surface area contributed by atoms with E-state index in [0.717, 1.165) is 10.6 Å². The summed E-state index contributed by atoms with van der Waals surface area (Å²) in [5.74, 6) is 0. The van der Waals surface area contributed by atoms with E-state index in [0.29, 0.717) is 13.1 Å². The first-order valence-corrected chi connectivity index (χ1v) is 8.37. The first-order chi connectivity index (χ1) is 11.7. The van der Waals surface area contributed by atoms with Crippen LogP contribution in [0.1, 0.15) is 33.3 Å². The smallest absolute Gasteiger partial charge is 0.434 e. The van der Waals surface area contributed by atoms with Gasteiger partial charge in [-0.05, 0) is 33.3 Å². The average Bonchev–Trinajstić information content (AvgIpc) is 2.74. The molecule has 0 bridgehead atoms. The first-order valence-electron chi connectivity index (χ1n) is 8.37. The number of nitrogens with zero attached hydrogens (tertiary/aromatic N) is 2. The molecule has 0 radical (unpaired) electrons. The van der Waals surface area contributed by atoms with Crippen molar-refractivity contribution in [2.45, 2.75) is 46.0 Å². The van der Waals surface area contributed by atoms with Crippen molar-refractivity contribution in [3.05, 3.63) is 35.9 Å². The minimum atomic E-state index is -0.568. The zero-order chi connectivity index (χ0) is 18.4. The minimum Gasteiger partial charge on any atom is -0.444 e. The van der Waals surface area contributed by atoms with Gasteiger partial charge >= 0.3 is 12.2 Å². The van der Waals surface area contributed by atoms with E-state index >= 15 is 0 Å². The van der Waals surface area contributed by atoms with Gasteiger partial charge in [-0.25, -0.2) is 9.59 Å². The quantitative estimate of drug-likeness (QED) is 0.819. The molecular formula is C18H26N2O5. The SMILES string of the molecule is C[C@H]1CN(C(=O)OC(C)(C)C)CCN(C(=O)OCc2ccccc2)O1. The summed E-state index contributed by atoms with van der Waals surface area (Å²) in [6.07, 6.45) is -1.33. The largest absolute Gasteiger partial charge is 0.444 e. The van der Waals surface area contributed by atoms with Crippen LogP contribution in [0.4, 0.5) is 9.59 Å². The number of amides is 2. The van der Waals surface area contributed by atoms with Crippen molar-refractivity contribution in [2.24, 2.45) is 0 Å². The molecule has 1 atom stereocenters. The summed E-state index contributed by atoms with van der Waals surface area (Å²) in [5.41, 5.74) is 0.330. The topological polar surface area (TPSA) is 68.3 Å². The lowest BCUT2D eigenvalue weighted by atomic mass is 10.2. The summed E-state index contributed by atoms with van der Waals surface area (Å²) in [5, 5.41) is 1.16. The van der Waals surface area contributed by atoms with E-state index < -0.39 is 17.8 Å². The van der Waals surface area contributed by atoms with E-state index in [4.69, 9.17) is 14.3 Å². The summed E-state index contributed by atoms with van der Waals surface area (Å²) < 4.78 is 10.7. The molecule has 7 nitrogen and oxygen atoms in total. The lowest BCUT2D eigenvalue weighted by Crippen LogP contribution is -2.40. The molecular weight excluding hydrogens is 324 g/mol. The normalized spacial score (nSPS) is 18.5. The van der Waals surface area contributed by atoms with Gasteiger partial charge in [0, 0.05) is 6.54 Å². The van der Waals surface area contributed by atoms with Crippen LogP contribution in [-0.4, -0.2) is 53.5 Å². The Morgan fingerprint density at radius 1 is 1.16 bits per heavy atom. The van der Waals surface area contributed by atoms with Gasteiger partial charge in [0.15, 0.2) is 0 Å². The second-order valence-corrected chi connectivity index (χ2v) is 6.98. The average molecular weight is 350 g/mol. The van der Waals surface area contributed by atoms with Gasteiger partial charge in [-0.3, -0.25) is 4.84 Å². The van der Waals surface area contributed by atoms with E-state index in [1.807, 2.05) is 51.1 Å². The molecule has 0 spiro atoms. The second kappa shape index (κ2) is 8.20. The maximum absolute atomic E-state index is 12.2. The fourth-order valence-corrected chi connectivity index (χ4v) is 2.33. The number of hydrogen-bond acceptors (Lipinski definition) is 5. The van der Waals surface area contributed by atoms with Gasteiger partial charge in [0.1, 0.15) is 18.3 Å². The van der Waals surface area contributed by atoms with Crippen LogP contribution in [0, 0.1) is 0 Å². The van der Waals surface area contributed by atoms with Crippen LogP contribution >= 0.6 is 0 Å². The maximum Gasteiger partial charge on any atom is 0.434 e. The third-order valence-corrected chi connectivity index (χ3v) is 3.42. The summed E-state index contributed by atoms with van der Waals surface area (Å²) in [6.45, 7) is 8.29. The number of benzene rings is 1. The molecule has 1 fully saturated rings. The van der Waals surface area contributed by atoms with Crippen molar-refractivity contribution in [1.29, 1.82) is 0 Å². The third-order valence-electron chi connectivity index (χ3n) is 3.42. The Kier molecular flexibility index (Phi) is 6.25. The number of hydroxylamine groups is 2. The highest BCUT2D eigenvalue weighted by Gasteiger charge is 2.30. The zero-order valence-corrected chi connectivity index (χ0v) is 15.2. The van der Waals surface area contributed by atoms with Crippen molar-refractivity contribution in [3.63, 3.8) is 0 Å². The van der Waals surface area contributed by atoms with Gasteiger partial charge in [0.25, 0.3) is 0 Å². The molecule has 1 aliphatic heterocycles. The Balaban J connectivity index is 1.89. The van der Waals surface area contributed by atoms with Gasteiger partial charge in [0.05, 0.1) is 13.1 Å². The van der Waals surface area contributed by atoms with Crippen molar-refractivity contribution in [3.8, 4) is 0 Å². The van der Waals surface area contributed by atoms with Crippen LogP contribution < -0.4 is 0 Å². The van der Waals surface area contributed by atoms with Crippen molar-refractivity contribution < 1.29 is 23.9 Å². The maximum atomic E-state index is 12.2. The van der Waals surface area contributed by atoms with Crippen molar-refractivity contribution in [2.75, 3.05) is 19.6 Å². The number of carbonyl (C=O) groups excluding carboxylic acids is 2. The molecule has 0 aliphatic carbocycles. The fourth-order valence-electron chi connectivity index (χ4n) is 2.33. The predicted molar refractivity (Wildman–Crippen MR) is 91.7 cm³/mol. The molecule has 1 saturated heterocycles. The highest BCUT2D eigenvalue weighted by atomic mass is 16.7. The molecule has 0 N–H and O–H groups in total. The number of carbonyl (C=O) groups is 2. The summed E-state index contributed by atoms with van der Waals surface area (Å²) >= 11 is 0. The molecule has 2 amide bonds. The highest BCUT2D eigenvalue weighted by Crippen LogP contribution is 2.14. The Hall–Kier alpha value is -2.28. The van der Waals surface area contributed by atoms with E-state index in [2.05, 4.69) is 0 Å². The number of ether oxygens (including phenoxy) is 2. The molecule has 2 rings (SSSR count).